The molecule has 0 fully saturated rings. The zero-order valence-corrected chi connectivity index (χ0v) is 15.9. The van der Waals surface area contributed by atoms with Crippen LogP contribution in [0.3, 0.4) is 0 Å². The van der Waals surface area contributed by atoms with Crippen molar-refractivity contribution in [2.75, 3.05) is 6.54 Å². The van der Waals surface area contributed by atoms with Crippen LogP contribution in [0.15, 0.2) is 55.1 Å². The van der Waals surface area contributed by atoms with E-state index >= 15 is 0 Å². The third-order valence-corrected chi connectivity index (χ3v) is 4.48. The van der Waals surface area contributed by atoms with Gasteiger partial charge in [-0.15, -0.1) is 0 Å². The quantitative estimate of drug-likeness (QED) is 0.483. The number of hydrogen-bond acceptors (Lipinski definition) is 6. The number of fused-ring (bicyclic) bond motifs is 1. The molecule has 0 aliphatic carbocycles. The average Bonchev–Trinajstić information content (AvgIpc) is 3.34. The first kappa shape index (κ1) is 18.3. The highest BCUT2D eigenvalue weighted by atomic mass is 35.5. The summed E-state index contributed by atoms with van der Waals surface area (Å²) in [5.41, 5.74) is 2.03. The maximum Gasteiger partial charge on any atom is 0.253 e. The van der Waals surface area contributed by atoms with E-state index in [-0.39, 0.29) is 18.4 Å². The first-order valence-electron chi connectivity index (χ1n) is 8.81. The lowest BCUT2D eigenvalue weighted by Gasteiger charge is -2.14. The molecule has 1 atom stereocenters. The Hall–Kier alpha value is -3.10. The van der Waals surface area contributed by atoms with Gasteiger partial charge in [0, 0.05) is 17.8 Å². The Balaban J connectivity index is 1.52. The van der Waals surface area contributed by atoms with E-state index in [0.717, 1.165) is 5.56 Å². The molecule has 3 heterocycles. The molecule has 9 heteroatoms. The van der Waals surface area contributed by atoms with Gasteiger partial charge in [0.25, 0.3) is 5.78 Å². The topological polar surface area (TPSA) is 90.0 Å². The third-order valence-electron chi connectivity index (χ3n) is 4.28. The summed E-state index contributed by atoms with van der Waals surface area (Å²) in [5, 5.41) is 12.1. The van der Waals surface area contributed by atoms with Gasteiger partial charge < -0.3 is 5.32 Å². The van der Waals surface area contributed by atoms with Crippen LogP contribution >= 0.6 is 11.6 Å². The molecule has 0 bridgehead atoms. The maximum atomic E-state index is 12.9. The number of carbonyl (C=O) groups is 1. The van der Waals surface area contributed by atoms with E-state index in [4.69, 9.17) is 11.6 Å². The molecule has 4 aromatic rings. The van der Waals surface area contributed by atoms with E-state index in [0.29, 0.717) is 28.7 Å². The van der Waals surface area contributed by atoms with Gasteiger partial charge in [0.1, 0.15) is 12.0 Å². The van der Waals surface area contributed by atoms with Crippen LogP contribution in [0, 0.1) is 0 Å². The number of aromatic nitrogens is 6. The lowest BCUT2D eigenvalue weighted by atomic mass is 10.1. The largest absolute Gasteiger partial charge is 0.305 e. The Morgan fingerprint density at radius 2 is 2.07 bits per heavy atom. The third kappa shape index (κ3) is 3.92. The van der Waals surface area contributed by atoms with Crippen LogP contribution in [0.4, 0.5) is 0 Å². The highest BCUT2D eigenvalue weighted by molar-refractivity contribution is 6.30. The van der Waals surface area contributed by atoms with Crippen LogP contribution in [0.25, 0.3) is 17.0 Å². The van der Waals surface area contributed by atoms with Crippen molar-refractivity contribution in [1.29, 1.82) is 0 Å². The van der Waals surface area contributed by atoms with Crippen molar-refractivity contribution in [1.82, 2.24) is 34.7 Å². The first-order valence-corrected chi connectivity index (χ1v) is 9.18. The summed E-state index contributed by atoms with van der Waals surface area (Å²) >= 11 is 5.88. The van der Waals surface area contributed by atoms with Crippen molar-refractivity contribution < 1.29 is 4.79 Å². The SMILES string of the molecule is C[C@H](Cn1cc(Cl)cn1)NCC(=O)c1cc(-c2ccccc2)nc2ncnn12. The van der Waals surface area contributed by atoms with Crippen molar-refractivity contribution in [2.45, 2.75) is 19.5 Å². The molecule has 8 nitrogen and oxygen atoms in total. The highest BCUT2D eigenvalue weighted by Gasteiger charge is 2.16. The number of halogens is 1. The molecule has 0 saturated heterocycles. The minimum Gasteiger partial charge on any atom is -0.305 e. The molecular weight excluding hydrogens is 378 g/mol. The second-order valence-corrected chi connectivity index (χ2v) is 6.89. The average molecular weight is 396 g/mol. The Morgan fingerprint density at radius 3 is 2.82 bits per heavy atom. The fourth-order valence-corrected chi connectivity index (χ4v) is 3.06. The zero-order valence-electron chi connectivity index (χ0n) is 15.2. The molecule has 0 spiro atoms. The normalized spacial score (nSPS) is 12.4. The summed E-state index contributed by atoms with van der Waals surface area (Å²) in [6.45, 7) is 2.74. The molecule has 4 rings (SSSR count). The van der Waals surface area contributed by atoms with Crippen LogP contribution in [-0.2, 0) is 6.54 Å². The van der Waals surface area contributed by atoms with E-state index in [2.05, 4.69) is 25.5 Å². The molecule has 0 saturated carbocycles. The van der Waals surface area contributed by atoms with Gasteiger partial charge >= 0.3 is 0 Å². The van der Waals surface area contributed by atoms with Crippen LogP contribution in [0.5, 0.6) is 0 Å². The van der Waals surface area contributed by atoms with Gasteiger partial charge in [0.05, 0.1) is 30.0 Å². The van der Waals surface area contributed by atoms with Gasteiger partial charge in [-0.3, -0.25) is 9.48 Å². The lowest BCUT2D eigenvalue weighted by Crippen LogP contribution is -2.35. The number of rotatable bonds is 7. The van der Waals surface area contributed by atoms with Gasteiger partial charge in [-0.2, -0.15) is 19.7 Å². The molecule has 0 unspecified atom stereocenters. The van der Waals surface area contributed by atoms with Crippen molar-refractivity contribution in [3.63, 3.8) is 0 Å². The lowest BCUT2D eigenvalue weighted by molar-refractivity contribution is 0.0979. The smallest absolute Gasteiger partial charge is 0.253 e. The predicted molar refractivity (Wildman–Crippen MR) is 105 cm³/mol. The van der Waals surface area contributed by atoms with Crippen molar-refractivity contribution in [2.24, 2.45) is 0 Å². The van der Waals surface area contributed by atoms with Crippen LogP contribution in [0.1, 0.15) is 17.4 Å². The second-order valence-electron chi connectivity index (χ2n) is 6.45. The van der Waals surface area contributed by atoms with Crippen LogP contribution in [0.2, 0.25) is 5.02 Å². The van der Waals surface area contributed by atoms with Crippen molar-refractivity contribution >= 4 is 23.2 Å². The number of Topliss-reactive ketones (excluding diaryl/α,β-unsaturated/α-hetero) is 1. The molecule has 1 N–H and O–H groups in total. The maximum absolute atomic E-state index is 12.9. The summed E-state index contributed by atoms with van der Waals surface area (Å²) in [6.07, 6.45) is 4.73. The van der Waals surface area contributed by atoms with Gasteiger partial charge in [-0.25, -0.2) is 4.98 Å². The Bertz CT molecular complexity index is 1110. The van der Waals surface area contributed by atoms with E-state index in [1.54, 1.807) is 23.1 Å². The number of ketones is 1. The molecule has 1 aromatic carbocycles. The molecule has 142 valence electrons. The monoisotopic (exact) mass is 395 g/mol. The number of nitrogens with one attached hydrogen (secondary N) is 1. The van der Waals surface area contributed by atoms with Crippen LogP contribution in [-0.4, -0.2) is 47.7 Å². The van der Waals surface area contributed by atoms with Gasteiger partial charge in [0.15, 0.2) is 5.78 Å². The van der Waals surface area contributed by atoms with E-state index in [9.17, 15) is 4.79 Å². The molecular formula is C19H18ClN7O. The van der Waals surface area contributed by atoms with E-state index < -0.39 is 0 Å². The molecule has 28 heavy (non-hydrogen) atoms. The number of hydrogen-bond donors (Lipinski definition) is 1. The van der Waals surface area contributed by atoms with Gasteiger partial charge in [-0.1, -0.05) is 41.9 Å². The fraction of sp³-hybridized carbons (Fsp3) is 0.211. The molecule has 0 aliphatic heterocycles. The summed E-state index contributed by atoms with van der Waals surface area (Å²) in [4.78, 5) is 21.5. The Morgan fingerprint density at radius 1 is 1.25 bits per heavy atom. The van der Waals surface area contributed by atoms with Gasteiger partial charge in [-0.05, 0) is 13.0 Å². The predicted octanol–water partition coefficient (Wildman–Crippen LogP) is 2.50. The van der Waals surface area contributed by atoms with E-state index in [1.807, 2.05) is 37.3 Å². The highest BCUT2D eigenvalue weighted by Crippen LogP contribution is 2.19. The first-order chi connectivity index (χ1) is 13.6. The molecule has 0 radical (unpaired) electrons. The Labute approximate surface area is 166 Å². The van der Waals surface area contributed by atoms with Gasteiger partial charge in [0.2, 0.25) is 0 Å². The summed E-state index contributed by atoms with van der Waals surface area (Å²) in [7, 11) is 0. The minimum absolute atomic E-state index is 0.0292. The number of benzene rings is 1. The molecule has 3 aromatic heterocycles. The minimum atomic E-state index is -0.0968. The van der Waals surface area contributed by atoms with Crippen LogP contribution < -0.4 is 5.32 Å². The summed E-state index contributed by atoms with van der Waals surface area (Å²) < 4.78 is 3.20. The van der Waals surface area contributed by atoms with E-state index in [1.165, 1.54) is 10.8 Å². The summed E-state index contributed by atoms with van der Waals surface area (Å²) in [6, 6.07) is 11.5. The Kier molecular flexibility index (Phi) is 5.14. The standard InChI is InChI=1S/C19H18ClN7O/c1-13(10-26-11-15(20)8-23-26)21-9-18(28)17-7-16(14-5-3-2-4-6-14)25-19-22-12-24-27(17)19/h2-8,11-13,21H,9-10H2,1H3/t13-/m1/s1. The van der Waals surface area contributed by atoms with Crippen molar-refractivity contribution in [3.05, 3.63) is 65.8 Å². The number of nitrogens with zero attached hydrogens (tertiary/aromatic N) is 6. The fourth-order valence-electron chi connectivity index (χ4n) is 2.91. The number of carbonyl (C=O) groups excluding carboxylic acids is 1. The molecule has 0 aliphatic rings. The second kappa shape index (κ2) is 7.87. The molecule has 0 amide bonds. The summed E-state index contributed by atoms with van der Waals surface area (Å²) in [5.74, 6) is 0.296. The zero-order chi connectivity index (χ0) is 19.5. The van der Waals surface area contributed by atoms with Crippen molar-refractivity contribution in [3.8, 4) is 11.3 Å².